The molecule has 0 radical (unpaired) electrons. The Morgan fingerprint density at radius 3 is 0.979 bits per heavy atom. The average molecular weight is 669 g/mol. The van der Waals surface area contributed by atoms with Crippen molar-refractivity contribution < 1.29 is 9.47 Å². The fourth-order valence-electron chi connectivity index (χ4n) is 5.85. The molecule has 0 unspecified atom stereocenters. The maximum absolute atomic E-state index is 6.68. The summed E-state index contributed by atoms with van der Waals surface area (Å²) < 4.78 is 13.4. The molecule has 0 aliphatic carbocycles. The monoisotopic (exact) mass is 668 g/mol. The Balaban J connectivity index is 1.69. The summed E-state index contributed by atoms with van der Waals surface area (Å²) in [5.41, 5.74) is 14.1. The lowest BCUT2D eigenvalue weighted by molar-refractivity contribution is 0.310. The summed E-state index contributed by atoms with van der Waals surface area (Å²) in [5.74, 6) is 1.68. The second-order valence-corrected chi connectivity index (χ2v) is 15.7. The molecule has 0 aliphatic rings. The van der Waals surface area contributed by atoms with Gasteiger partial charge in [-0.05, 0) is 85.7 Å². The lowest BCUT2D eigenvalue weighted by Gasteiger charge is -2.29. The minimum absolute atomic E-state index is 0.527. The highest BCUT2D eigenvalue weighted by atomic mass is 31.1. The van der Waals surface area contributed by atoms with Crippen LogP contribution in [-0.4, -0.2) is 26.3 Å². The van der Waals surface area contributed by atoms with Gasteiger partial charge in [0.15, 0.2) is 0 Å². The molecule has 4 nitrogen and oxygen atoms in total. The van der Waals surface area contributed by atoms with Crippen LogP contribution in [0.2, 0.25) is 0 Å². The van der Waals surface area contributed by atoms with E-state index in [0.717, 1.165) is 35.5 Å². The second kappa shape index (κ2) is 17.2. The maximum atomic E-state index is 6.68. The van der Waals surface area contributed by atoms with Gasteiger partial charge in [0.05, 0.1) is 13.2 Å². The molecule has 0 aromatic heterocycles. The van der Waals surface area contributed by atoms with Gasteiger partial charge in [0, 0.05) is 11.1 Å². The normalized spacial score (nSPS) is 11.2. The quantitative estimate of drug-likeness (QED) is 0.0993. The van der Waals surface area contributed by atoms with E-state index in [0.29, 0.717) is 26.3 Å². The average Bonchev–Trinajstić information content (AvgIpc) is 3.14. The third-order valence-electron chi connectivity index (χ3n) is 8.01. The summed E-state index contributed by atoms with van der Waals surface area (Å²) in [4.78, 5) is 0. The molecular formula is C42H42N2O2P2. The van der Waals surface area contributed by atoms with Gasteiger partial charge in [0.1, 0.15) is 11.5 Å². The van der Waals surface area contributed by atoms with E-state index in [1.807, 2.05) is 0 Å². The van der Waals surface area contributed by atoms with Crippen LogP contribution in [0.25, 0.3) is 11.1 Å². The van der Waals surface area contributed by atoms with E-state index in [9.17, 15) is 0 Å². The molecule has 6 aromatic carbocycles. The van der Waals surface area contributed by atoms with Gasteiger partial charge in [-0.15, -0.1) is 0 Å². The molecule has 0 saturated heterocycles. The minimum Gasteiger partial charge on any atom is -0.493 e. The zero-order valence-corrected chi connectivity index (χ0v) is 28.9. The molecule has 0 saturated carbocycles. The van der Waals surface area contributed by atoms with Gasteiger partial charge in [0.25, 0.3) is 0 Å². The number of hydrogen-bond acceptors (Lipinski definition) is 4. The molecule has 0 heterocycles. The predicted octanol–water partition coefficient (Wildman–Crippen LogP) is 6.33. The summed E-state index contributed by atoms with van der Waals surface area (Å²) in [6.45, 7) is 2.18. The fraction of sp³-hybridized carbons (Fsp3) is 0.143. The fourth-order valence-corrected chi connectivity index (χ4v) is 10.8. The molecule has 0 amide bonds. The van der Waals surface area contributed by atoms with Crippen molar-refractivity contribution in [1.82, 2.24) is 0 Å². The third kappa shape index (κ3) is 7.87. The van der Waals surface area contributed by atoms with Crippen LogP contribution in [0.1, 0.15) is 12.8 Å². The van der Waals surface area contributed by atoms with Gasteiger partial charge in [-0.2, -0.15) is 0 Å². The second-order valence-electron chi connectivity index (χ2n) is 11.3. The van der Waals surface area contributed by atoms with Crippen molar-refractivity contribution >= 4 is 47.7 Å². The first kappa shape index (κ1) is 33.6. The standard InChI is InChI=1S/C42H42N2O2P2/c43-29-15-31-45-37-25-13-27-39(47(33-17-5-1-6-18-33)34-19-7-2-8-20-34)41(37)42-38(46-32-16-30-44)26-14-28-40(42)48(35-21-9-3-10-22-35)36-23-11-4-12-24-36/h1-14,17-28H,15-16,29-32,43-44H2. The topological polar surface area (TPSA) is 70.5 Å². The Kier molecular flexibility index (Phi) is 12.0. The van der Waals surface area contributed by atoms with Gasteiger partial charge in [0.2, 0.25) is 0 Å². The van der Waals surface area contributed by atoms with Crippen molar-refractivity contribution in [1.29, 1.82) is 0 Å². The minimum atomic E-state index is -0.967. The SMILES string of the molecule is NCCCOc1cccc(P(c2ccccc2)c2ccccc2)c1-c1c(OCCCN)cccc1P(c1ccccc1)c1ccccc1. The van der Waals surface area contributed by atoms with Crippen molar-refractivity contribution in [3.05, 3.63) is 158 Å². The molecule has 6 heteroatoms. The van der Waals surface area contributed by atoms with Crippen molar-refractivity contribution in [2.24, 2.45) is 11.5 Å². The van der Waals surface area contributed by atoms with E-state index in [4.69, 9.17) is 20.9 Å². The molecule has 4 N–H and O–H groups in total. The molecule has 6 aromatic rings. The first-order valence-electron chi connectivity index (χ1n) is 16.5. The number of benzene rings is 6. The summed E-state index contributed by atoms with van der Waals surface area (Å²) >= 11 is 0. The van der Waals surface area contributed by atoms with Crippen LogP contribution in [0.5, 0.6) is 11.5 Å². The van der Waals surface area contributed by atoms with E-state index >= 15 is 0 Å². The Labute approximate surface area is 287 Å². The van der Waals surface area contributed by atoms with E-state index < -0.39 is 15.8 Å². The van der Waals surface area contributed by atoms with Crippen LogP contribution >= 0.6 is 15.8 Å². The number of rotatable bonds is 15. The zero-order chi connectivity index (χ0) is 33.0. The highest BCUT2D eigenvalue weighted by molar-refractivity contribution is 7.80. The Morgan fingerprint density at radius 1 is 0.375 bits per heavy atom. The van der Waals surface area contributed by atoms with Crippen molar-refractivity contribution in [2.75, 3.05) is 26.3 Å². The van der Waals surface area contributed by atoms with Crippen molar-refractivity contribution in [3.8, 4) is 22.6 Å². The number of nitrogens with two attached hydrogens (primary N) is 2. The van der Waals surface area contributed by atoms with Crippen LogP contribution in [-0.2, 0) is 0 Å². The van der Waals surface area contributed by atoms with Crippen LogP contribution in [0.3, 0.4) is 0 Å². The molecule has 0 fully saturated rings. The molecule has 0 spiro atoms. The van der Waals surface area contributed by atoms with Crippen molar-refractivity contribution in [3.63, 3.8) is 0 Å². The molecule has 242 valence electrons. The van der Waals surface area contributed by atoms with Crippen LogP contribution in [0.15, 0.2) is 158 Å². The molecular weight excluding hydrogens is 626 g/mol. The van der Waals surface area contributed by atoms with E-state index in [1.165, 1.54) is 31.8 Å². The summed E-state index contributed by atoms with van der Waals surface area (Å²) in [6, 6.07) is 56.4. The largest absolute Gasteiger partial charge is 0.493 e. The van der Waals surface area contributed by atoms with Gasteiger partial charge in [-0.3, -0.25) is 0 Å². The van der Waals surface area contributed by atoms with Crippen LogP contribution in [0, 0.1) is 0 Å². The molecule has 0 aliphatic heterocycles. The Hall–Kier alpha value is -4.30. The van der Waals surface area contributed by atoms with E-state index in [2.05, 4.69) is 158 Å². The van der Waals surface area contributed by atoms with E-state index in [-0.39, 0.29) is 0 Å². The Bertz CT molecular complexity index is 1640. The summed E-state index contributed by atoms with van der Waals surface area (Å²) in [6.07, 6.45) is 1.52. The smallest absolute Gasteiger partial charge is 0.127 e. The predicted molar refractivity (Wildman–Crippen MR) is 208 cm³/mol. The molecule has 0 atom stereocenters. The van der Waals surface area contributed by atoms with Crippen LogP contribution in [0.4, 0.5) is 0 Å². The number of hydrogen-bond donors (Lipinski definition) is 2. The maximum Gasteiger partial charge on any atom is 0.127 e. The lowest BCUT2D eigenvalue weighted by Crippen LogP contribution is -2.27. The first-order valence-corrected chi connectivity index (χ1v) is 19.2. The zero-order valence-electron chi connectivity index (χ0n) is 27.1. The summed E-state index contributed by atoms with van der Waals surface area (Å²) in [7, 11) is -1.93. The van der Waals surface area contributed by atoms with Gasteiger partial charge < -0.3 is 20.9 Å². The van der Waals surface area contributed by atoms with Gasteiger partial charge in [-0.25, -0.2) is 0 Å². The van der Waals surface area contributed by atoms with Gasteiger partial charge >= 0.3 is 0 Å². The Morgan fingerprint density at radius 2 is 0.688 bits per heavy atom. The van der Waals surface area contributed by atoms with Gasteiger partial charge in [-0.1, -0.05) is 146 Å². The molecule has 48 heavy (non-hydrogen) atoms. The third-order valence-corrected chi connectivity index (χ3v) is 13.0. The number of ether oxygens (including phenoxy) is 2. The molecule has 0 bridgehead atoms. The molecule has 6 rings (SSSR count). The van der Waals surface area contributed by atoms with Crippen molar-refractivity contribution in [2.45, 2.75) is 12.8 Å². The highest BCUT2D eigenvalue weighted by Crippen LogP contribution is 2.47. The van der Waals surface area contributed by atoms with E-state index in [1.54, 1.807) is 0 Å². The van der Waals surface area contributed by atoms with Crippen LogP contribution < -0.4 is 52.8 Å². The first-order chi connectivity index (χ1) is 23.8. The lowest BCUT2D eigenvalue weighted by atomic mass is 10.0. The highest BCUT2D eigenvalue weighted by Gasteiger charge is 2.30. The summed E-state index contributed by atoms with van der Waals surface area (Å²) in [5, 5.41) is 7.54.